The lowest BCUT2D eigenvalue weighted by Gasteiger charge is -2.39. The van der Waals surface area contributed by atoms with E-state index >= 15 is 0 Å². The molecule has 4 rings (SSSR count). The largest absolute Gasteiger partial charge is 0.480 e. The van der Waals surface area contributed by atoms with Gasteiger partial charge < -0.3 is 19.9 Å². The molecule has 2 saturated heterocycles. The number of aromatic amines is 1. The summed E-state index contributed by atoms with van der Waals surface area (Å²) in [6, 6.07) is 2.85. The van der Waals surface area contributed by atoms with E-state index in [9.17, 15) is 19.5 Å². The highest BCUT2D eigenvalue weighted by Gasteiger charge is 2.52. The summed E-state index contributed by atoms with van der Waals surface area (Å²) in [5, 5.41) is 9.55. The number of hydrogen-bond acceptors (Lipinski definition) is 3. The van der Waals surface area contributed by atoms with Gasteiger partial charge >= 0.3 is 5.97 Å². The van der Waals surface area contributed by atoms with Gasteiger partial charge in [-0.1, -0.05) is 0 Å². The predicted molar refractivity (Wildman–Crippen MR) is 88.8 cm³/mol. The zero-order valence-corrected chi connectivity index (χ0v) is 14.1. The van der Waals surface area contributed by atoms with E-state index in [2.05, 4.69) is 4.98 Å². The van der Waals surface area contributed by atoms with Gasteiger partial charge in [-0.05, 0) is 49.7 Å². The van der Waals surface area contributed by atoms with Crippen LogP contribution in [-0.2, 0) is 9.59 Å². The minimum atomic E-state index is -0.907. The number of hydrogen-bond donors (Lipinski definition) is 2. The summed E-state index contributed by atoms with van der Waals surface area (Å²) in [5.74, 6) is -0.880. The molecule has 134 valence electrons. The molecule has 1 aromatic rings. The van der Waals surface area contributed by atoms with Crippen molar-refractivity contribution in [2.45, 2.75) is 38.1 Å². The van der Waals surface area contributed by atoms with Gasteiger partial charge in [0.05, 0.1) is 0 Å². The van der Waals surface area contributed by atoms with Crippen molar-refractivity contribution >= 4 is 17.8 Å². The third-order valence-corrected chi connectivity index (χ3v) is 5.94. The van der Waals surface area contributed by atoms with Crippen LogP contribution in [0, 0.1) is 11.3 Å². The molecule has 2 N–H and O–H groups in total. The molecule has 1 aliphatic carbocycles. The van der Waals surface area contributed by atoms with E-state index in [1.807, 2.05) is 4.90 Å². The van der Waals surface area contributed by atoms with E-state index in [1.54, 1.807) is 23.2 Å². The number of amides is 2. The number of carboxylic acids is 1. The third-order valence-electron chi connectivity index (χ3n) is 5.94. The van der Waals surface area contributed by atoms with Crippen LogP contribution in [0.5, 0.6) is 0 Å². The van der Waals surface area contributed by atoms with E-state index in [-0.39, 0.29) is 23.1 Å². The average molecular weight is 345 g/mol. The van der Waals surface area contributed by atoms with Crippen LogP contribution in [0.2, 0.25) is 0 Å². The molecular formula is C18H23N3O4. The molecule has 1 aromatic heterocycles. The Morgan fingerprint density at radius 1 is 1.20 bits per heavy atom. The van der Waals surface area contributed by atoms with E-state index in [1.165, 1.54) is 0 Å². The van der Waals surface area contributed by atoms with E-state index in [0.29, 0.717) is 31.7 Å². The lowest BCUT2D eigenvalue weighted by Crippen LogP contribution is -2.45. The van der Waals surface area contributed by atoms with Crippen LogP contribution in [0.25, 0.3) is 0 Å². The molecule has 2 aliphatic heterocycles. The number of aromatic nitrogens is 1. The Balaban J connectivity index is 1.44. The van der Waals surface area contributed by atoms with Crippen molar-refractivity contribution in [3.05, 3.63) is 24.0 Å². The standard InChI is InChI=1S/C18H23N3O4/c22-15(12-3-4-12)21-11-18(10-14(21)17(24)25)5-8-20(9-6-18)16(23)13-2-1-7-19-13/h1-2,7,12,14,19H,3-6,8-11H2,(H,24,25)/t14-/m1/s1. The summed E-state index contributed by atoms with van der Waals surface area (Å²) in [6.45, 7) is 1.73. The maximum Gasteiger partial charge on any atom is 0.326 e. The fraction of sp³-hybridized carbons (Fsp3) is 0.611. The first-order valence-electron chi connectivity index (χ1n) is 8.95. The van der Waals surface area contributed by atoms with Crippen molar-refractivity contribution in [1.29, 1.82) is 0 Å². The first-order chi connectivity index (χ1) is 12.0. The molecule has 1 spiro atoms. The van der Waals surface area contributed by atoms with E-state index in [0.717, 1.165) is 25.7 Å². The predicted octanol–water partition coefficient (Wildman–Crippen LogP) is 1.33. The smallest absolute Gasteiger partial charge is 0.326 e. The Labute approximate surface area is 146 Å². The van der Waals surface area contributed by atoms with E-state index in [4.69, 9.17) is 0 Å². The van der Waals surface area contributed by atoms with Crippen LogP contribution < -0.4 is 0 Å². The summed E-state index contributed by atoms with van der Waals surface area (Å²) in [4.78, 5) is 42.9. The number of rotatable bonds is 3. The molecule has 2 amide bonds. The van der Waals surface area contributed by atoms with Gasteiger partial charge in [-0.25, -0.2) is 4.79 Å². The zero-order valence-electron chi connectivity index (χ0n) is 14.1. The molecule has 0 bridgehead atoms. The van der Waals surface area contributed by atoms with Crippen molar-refractivity contribution < 1.29 is 19.5 Å². The lowest BCUT2D eigenvalue weighted by atomic mass is 9.76. The summed E-state index contributed by atoms with van der Waals surface area (Å²) in [7, 11) is 0. The number of nitrogens with one attached hydrogen (secondary N) is 1. The third kappa shape index (κ3) is 2.92. The fourth-order valence-corrected chi connectivity index (χ4v) is 4.25. The summed E-state index contributed by atoms with van der Waals surface area (Å²) < 4.78 is 0. The maximum atomic E-state index is 12.5. The van der Waals surface area contributed by atoms with Crippen molar-refractivity contribution in [3.8, 4) is 0 Å². The second kappa shape index (κ2) is 5.89. The van der Waals surface area contributed by atoms with Crippen LogP contribution in [0.15, 0.2) is 18.3 Å². The van der Waals surface area contributed by atoms with Gasteiger partial charge in [0.25, 0.3) is 5.91 Å². The topological polar surface area (TPSA) is 93.7 Å². The second-order valence-electron chi connectivity index (χ2n) is 7.67. The highest BCUT2D eigenvalue weighted by Crippen LogP contribution is 2.45. The van der Waals surface area contributed by atoms with Crippen molar-refractivity contribution in [2.24, 2.45) is 11.3 Å². The van der Waals surface area contributed by atoms with Gasteiger partial charge in [0.1, 0.15) is 11.7 Å². The second-order valence-corrected chi connectivity index (χ2v) is 7.67. The first-order valence-corrected chi connectivity index (χ1v) is 8.95. The molecule has 1 atom stereocenters. The molecule has 1 saturated carbocycles. The van der Waals surface area contributed by atoms with Gasteiger partial charge in [-0.15, -0.1) is 0 Å². The van der Waals surface area contributed by atoms with Crippen molar-refractivity contribution in [1.82, 2.24) is 14.8 Å². The maximum absolute atomic E-state index is 12.5. The lowest BCUT2D eigenvalue weighted by molar-refractivity contribution is -0.148. The molecule has 0 unspecified atom stereocenters. The van der Waals surface area contributed by atoms with Gasteiger partial charge in [0.15, 0.2) is 0 Å². The summed E-state index contributed by atoms with van der Waals surface area (Å²) in [5.41, 5.74) is 0.413. The quantitative estimate of drug-likeness (QED) is 0.864. The average Bonchev–Trinajstić information content (AvgIpc) is 3.17. The molecule has 0 radical (unpaired) electrons. The Hall–Kier alpha value is -2.31. The molecule has 0 aromatic carbocycles. The highest BCUT2D eigenvalue weighted by atomic mass is 16.4. The monoisotopic (exact) mass is 345 g/mol. The molecule has 7 nitrogen and oxygen atoms in total. The summed E-state index contributed by atoms with van der Waals surface area (Å²) >= 11 is 0. The molecule has 3 heterocycles. The minimum Gasteiger partial charge on any atom is -0.480 e. The van der Waals surface area contributed by atoms with E-state index < -0.39 is 12.0 Å². The van der Waals surface area contributed by atoms with Crippen molar-refractivity contribution in [3.63, 3.8) is 0 Å². The Morgan fingerprint density at radius 2 is 1.92 bits per heavy atom. The van der Waals surface area contributed by atoms with Crippen LogP contribution in [0.4, 0.5) is 0 Å². The molecule has 3 fully saturated rings. The minimum absolute atomic E-state index is 0.00849. The van der Waals surface area contributed by atoms with Crippen LogP contribution in [0.1, 0.15) is 42.6 Å². The number of carboxylic acid groups (broad SMARTS) is 1. The Morgan fingerprint density at radius 3 is 2.48 bits per heavy atom. The molecule has 25 heavy (non-hydrogen) atoms. The van der Waals surface area contributed by atoms with Crippen molar-refractivity contribution in [2.75, 3.05) is 19.6 Å². The van der Waals surface area contributed by atoms with Crippen LogP contribution in [0.3, 0.4) is 0 Å². The number of aliphatic carboxylic acids is 1. The fourth-order valence-electron chi connectivity index (χ4n) is 4.25. The molecular weight excluding hydrogens is 322 g/mol. The Bertz CT molecular complexity index is 687. The SMILES string of the molecule is O=C(O)[C@H]1CC2(CCN(C(=O)c3ccc[nH]3)CC2)CN1C(=O)C1CC1. The van der Waals surface area contributed by atoms with Crippen LogP contribution in [-0.4, -0.2) is 63.4 Å². The Kier molecular flexibility index (Phi) is 3.81. The van der Waals surface area contributed by atoms with Gasteiger partial charge in [-0.2, -0.15) is 0 Å². The first kappa shape index (κ1) is 16.2. The number of likely N-dealkylation sites (tertiary alicyclic amines) is 2. The molecule has 7 heteroatoms. The zero-order chi connectivity index (χ0) is 17.6. The number of piperidine rings is 1. The summed E-state index contributed by atoms with van der Waals surface area (Å²) in [6.07, 6.45) is 5.50. The van der Waals surface area contributed by atoms with Gasteiger partial charge in [-0.3, -0.25) is 9.59 Å². The normalized spacial score (nSPS) is 25.4. The highest BCUT2D eigenvalue weighted by molar-refractivity contribution is 5.92. The molecule has 3 aliphatic rings. The number of H-pyrrole nitrogens is 1. The number of nitrogens with zero attached hydrogens (tertiary/aromatic N) is 2. The van der Waals surface area contributed by atoms with Gasteiger partial charge in [0, 0.05) is 31.7 Å². The van der Waals surface area contributed by atoms with Gasteiger partial charge in [0.2, 0.25) is 5.91 Å². The number of carbonyl (C=O) groups is 3. The number of carbonyl (C=O) groups excluding carboxylic acids is 2. The van der Waals surface area contributed by atoms with Crippen LogP contribution >= 0.6 is 0 Å².